The lowest BCUT2D eigenvalue weighted by atomic mass is 9.86. The molecular formula is C18H22ClN3O2S. The van der Waals surface area contributed by atoms with Crippen molar-refractivity contribution >= 4 is 29.3 Å². The number of nitrogens with zero attached hydrogens (tertiary/aromatic N) is 2. The number of hydrogen-bond acceptors (Lipinski definition) is 5. The molecule has 0 bridgehead atoms. The van der Waals surface area contributed by atoms with Gasteiger partial charge in [-0.15, -0.1) is 10.2 Å². The van der Waals surface area contributed by atoms with Crippen LogP contribution in [0.25, 0.3) is 11.5 Å². The van der Waals surface area contributed by atoms with Gasteiger partial charge in [0.15, 0.2) is 0 Å². The predicted molar refractivity (Wildman–Crippen MR) is 99.6 cm³/mol. The van der Waals surface area contributed by atoms with Crippen LogP contribution >= 0.6 is 23.4 Å². The monoisotopic (exact) mass is 379 g/mol. The van der Waals surface area contributed by atoms with E-state index in [1.807, 2.05) is 19.1 Å². The summed E-state index contributed by atoms with van der Waals surface area (Å²) in [5, 5.41) is 12.0. The summed E-state index contributed by atoms with van der Waals surface area (Å²) in [5.74, 6) is 0.984. The molecule has 3 atom stereocenters. The number of rotatable bonds is 5. The zero-order valence-electron chi connectivity index (χ0n) is 14.4. The summed E-state index contributed by atoms with van der Waals surface area (Å²) in [5.41, 5.74) is 0.803. The molecule has 7 heteroatoms. The van der Waals surface area contributed by atoms with Crippen LogP contribution in [0.3, 0.4) is 0 Å². The number of carbonyl (C=O) groups excluding carboxylic acids is 1. The maximum Gasteiger partial charge on any atom is 0.277 e. The van der Waals surface area contributed by atoms with Gasteiger partial charge in [0.1, 0.15) is 0 Å². The number of benzene rings is 1. The van der Waals surface area contributed by atoms with E-state index in [1.165, 1.54) is 31.0 Å². The number of halogens is 1. The summed E-state index contributed by atoms with van der Waals surface area (Å²) < 4.78 is 5.66. The zero-order chi connectivity index (χ0) is 17.8. The number of aromatic nitrogens is 2. The highest BCUT2D eigenvalue weighted by Gasteiger charge is 2.26. The van der Waals surface area contributed by atoms with E-state index >= 15 is 0 Å². The van der Waals surface area contributed by atoms with Crippen molar-refractivity contribution < 1.29 is 9.21 Å². The topological polar surface area (TPSA) is 68.0 Å². The Kier molecular flexibility index (Phi) is 6.02. The van der Waals surface area contributed by atoms with Crippen molar-refractivity contribution in [3.63, 3.8) is 0 Å². The SMILES string of the molecule is CC(Sc1nnc(-c2ccc(Cl)cc2)o1)C(=O)NC1CCCCC1C. The molecular weight excluding hydrogens is 358 g/mol. The second-order valence-corrected chi connectivity index (χ2v) is 8.25. The molecule has 1 fully saturated rings. The number of nitrogens with one attached hydrogen (secondary N) is 1. The first-order chi connectivity index (χ1) is 12.0. The molecule has 1 N–H and O–H groups in total. The van der Waals surface area contributed by atoms with Crippen LogP contribution in [0.5, 0.6) is 0 Å². The van der Waals surface area contributed by atoms with Crippen molar-refractivity contribution in [3.05, 3.63) is 29.3 Å². The van der Waals surface area contributed by atoms with Crippen molar-refractivity contribution in [3.8, 4) is 11.5 Å². The summed E-state index contributed by atoms with van der Waals surface area (Å²) in [6.07, 6.45) is 4.68. The van der Waals surface area contributed by atoms with Gasteiger partial charge >= 0.3 is 0 Å². The minimum Gasteiger partial charge on any atom is -0.411 e. The van der Waals surface area contributed by atoms with Crippen LogP contribution in [0.2, 0.25) is 5.02 Å². The second-order valence-electron chi connectivity index (χ2n) is 6.52. The van der Waals surface area contributed by atoms with Crippen LogP contribution < -0.4 is 5.32 Å². The van der Waals surface area contributed by atoms with E-state index in [0.717, 1.165) is 12.0 Å². The summed E-state index contributed by atoms with van der Waals surface area (Å²) in [4.78, 5) is 12.4. The molecule has 1 aromatic carbocycles. The van der Waals surface area contributed by atoms with Crippen LogP contribution in [0.1, 0.15) is 39.5 Å². The molecule has 0 aliphatic heterocycles. The molecule has 134 valence electrons. The number of amides is 1. The Bertz CT molecular complexity index is 719. The van der Waals surface area contributed by atoms with E-state index in [9.17, 15) is 4.79 Å². The summed E-state index contributed by atoms with van der Waals surface area (Å²) in [6.45, 7) is 4.07. The van der Waals surface area contributed by atoms with Crippen LogP contribution in [0.15, 0.2) is 33.9 Å². The summed E-state index contributed by atoms with van der Waals surface area (Å²) >= 11 is 7.16. The molecule has 5 nitrogen and oxygen atoms in total. The largest absolute Gasteiger partial charge is 0.411 e. The zero-order valence-corrected chi connectivity index (χ0v) is 15.9. The van der Waals surface area contributed by atoms with Crippen LogP contribution in [-0.2, 0) is 4.79 Å². The number of hydrogen-bond donors (Lipinski definition) is 1. The molecule has 3 rings (SSSR count). The minimum absolute atomic E-state index is 0.0231. The number of carbonyl (C=O) groups is 1. The molecule has 0 radical (unpaired) electrons. The fourth-order valence-corrected chi connectivity index (χ4v) is 3.82. The standard InChI is InChI=1S/C18H22ClN3O2S/c1-11-5-3-4-6-15(11)20-16(23)12(2)25-18-22-21-17(24-18)13-7-9-14(19)10-8-13/h7-12,15H,3-6H2,1-2H3,(H,20,23). The van der Waals surface area contributed by atoms with Crippen LogP contribution in [0.4, 0.5) is 0 Å². The normalized spacial score (nSPS) is 21.7. The second kappa shape index (κ2) is 8.23. The molecule has 25 heavy (non-hydrogen) atoms. The Balaban J connectivity index is 1.58. The Morgan fingerprint density at radius 3 is 2.72 bits per heavy atom. The van der Waals surface area contributed by atoms with Gasteiger partial charge in [0.2, 0.25) is 11.8 Å². The van der Waals surface area contributed by atoms with Crippen LogP contribution in [0, 0.1) is 5.92 Å². The maximum absolute atomic E-state index is 12.4. The highest BCUT2D eigenvalue weighted by atomic mass is 35.5. The minimum atomic E-state index is -0.285. The Morgan fingerprint density at radius 2 is 2.00 bits per heavy atom. The Labute approximate surface area is 156 Å². The van der Waals surface area contributed by atoms with E-state index < -0.39 is 0 Å². The Hall–Kier alpha value is -1.53. The third kappa shape index (κ3) is 4.76. The van der Waals surface area contributed by atoms with Gasteiger partial charge in [0.05, 0.1) is 5.25 Å². The van der Waals surface area contributed by atoms with Gasteiger partial charge in [-0.25, -0.2) is 0 Å². The quantitative estimate of drug-likeness (QED) is 0.771. The molecule has 2 aromatic rings. The van der Waals surface area contributed by atoms with Crippen molar-refractivity contribution in [1.82, 2.24) is 15.5 Å². The highest BCUT2D eigenvalue weighted by molar-refractivity contribution is 8.00. The first-order valence-electron chi connectivity index (χ1n) is 8.59. The smallest absolute Gasteiger partial charge is 0.277 e. The van der Waals surface area contributed by atoms with Gasteiger partial charge < -0.3 is 9.73 Å². The lowest BCUT2D eigenvalue weighted by Crippen LogP contribution is -2.44. The third-order valence-corrected chi connectivity index (χ3v) is 5.77. The summed E-state index contributed by atoms with van der Waals surface area (Å²) in [7, 11) is 0. The van der Waals surface area contributed by atoms with Crippen molar-refractivity contribution in [2.24, 2.45) is 5.92 Å². The third-order valence-electron chi connectivity index (χ3n) is 4.58. The van der Waals surface area contributed by atoms with Gasteiger partial charge in [-0.3, -0.25) is 4.79 Å². The van der Waals surface area contributed by atoms with E-state index in [-0.39, 0.29) is 17.2 Å². The van der Waals surface area contributed by atoms with Gasteiger partial charge in [-0.1, -0.05) is 43.1 Å². The fraction of sp³-hybridized carbons (Fsp3) is 0.500. The maximum atomic E-state index is 12.4. The molecule has 0 spiro atoms. The molecule has 1 heterocycles. The lowest BCUT2D eigenvalue weighted by Gasteiger charge is -2.30. The van der Waals surface area contributed by atoms with E-state index in [0.29, 0.717) is 22.1 Å². The predicted octanol–water partition coefficient (Wildman–Crippen LogP) is 4.57. The molecule has 1 amide bonds. The molecule has 0 saturated heterocycles. The average Bonchev–Trinajstić information content (AvgIpc) is 3.06. The van der Waals surface area contributed by atoms with E-state index in [2.05, 4.69) is 22.4 Å². The highest BCUT2D eigenvalue weighted by Crippen LogP contribution is 2.28. The van der Waals surface area contributed by atoms with Crippen molar-refractivity contribution in [1.29, 1.82) is 0 Å². The molecule has 1 aliphatic carbocycles. The number of thioether (sulfide) groups is 1. The molecule has 1 aliphatic rings. The van der Waals surface area contributed by atoms with E-state index in [1.54, 1.807) is 12.1 Å². The first kappa shape index (κ1) is 18.3. The van der Waals surface area contributed by atoms with Crippen molar-refractivity contribution in [2.45, 2.75) is 56.0 Å². The van der Waals surface area contributed by atoms with Gasteiger partial charge in [-0.05, 0) is 49.9 Å². The lowest BCUT2D eigenvalue weighted by molar-refractivity contribution is -0.121. The first-order valence-corrected chi connectivity index (χ1v) is 9.85. The van der Waals surface area contributed by atoms with Gasteiger partial charge in [0, 0.05) is 16.6 Å². The summed E-state index contributed by atoms with van der Waals surface area (Å²) in [6, 6.07) is 7.47. The molecule has 1 aromatic heterocycles. The van der Waals surface area contributed by atoms with Gasteiger partial charge in [0.25, 0.3) is 5.22 Å². The van der Waals surface area contributed by atoms with Crippen LogP contribution in [-0.4, -0.2) is 27.4 Å². The van der Waals surface area contributed by atoms with Crippen molar-refractivity contribution in [2.75, 3.05) is 0 Å². The van der Waals surface area contributed by atoms with Gasteiger partial charge in [-0.2, -0.15) is 0 Å². The molecule has 3 unspecified atom stereocenters. The molecule has 1 saturated carbocycles. The van der Waals surface area contributed by atoms with E-state index in [4.69, 9.17) is 16.0 Å². The fourth-order valence-electron chi connectivity index (χ4n) is 3.00. The Morgan fingerprint density at radius 1 is 1.28 bits per heavy atom. The average molecular weight is 380 g/mol.